The number of hydrogen-bond donors (Lipinski definition) is 0. The Morgan fingerprint density at radius 3 is 1.52 bits per heavy atom. The normalized spacial score (nSPS) is 14.1. The lowest BCUT2D eigenvalue weighted by molar-refractivity contribution is 0.660. The highest BCUT2D eigenvalue weighted by atomic mass is 16.3. The first kappa shape index (κ1) is 34.1. The highest BCUT2D eigenvalue weighted by Gasteiger charge is 2.52. The first-order valence-corrected chi connectivity index (χ1v) is 19.8. The third-order valence-electron chi connectivity index (χ3n) is 12.5. The van der Waals surface area contributed by atoms with Gasteiger partial charge in [-0.15, -0.1) is 0 Å². The Balaban J connectivity index is 0.000000110. The van der Waals surface area contributed by atoms with Crippen molar-refractivity contribution in [1.82, 2.24) is 0 Å². The Hall–Kier alpha value is -6.44. The summed E-state index contributed by atoms with van der Waals surface area (Å²) in [6, 6.07) is 63.6. The van der Waals surface area contributed by atoms with Crippen LogP contribution in [0.15, 0.2) is 180 Å². The van der Waals surface area contributed by atoms with Crippen LogP contribution in [0.2, 0.25) is 0 Å². The van der Waals surface area contributed by atoms with Crippen LogP contribution in [0.25, 0.3) is 55.3 Å². The van der Waals surface area contributed by atoms with Crippen molar-refractivity contribution in [3.8, 4) is 33.4 Å². The Morgan fingerprint density at radius 1 is 0.357 bits per heavy atom. The first-order chi connectivity index (χ1) is 27.3. The van der Waals surface area contributed by atoms with Gasteiger partial charge in [0.1, 0.15) is 11.2 Å². The van der Waals surface area contributed by atoms with Gasteiger partial charge in [0.25, 0.3) is 0 Å². The van der Waals surface area contributed by atoms with Crippen molar-refractivity contribution in [1.29, 1.82) is 0 Å². The molecule has 0 bridgehead atoms. The molecule has 0 saturated carbocycles. The van der Waals surface area contributed by atoms with Gasteiger partial charge in [-0.3, -0.25) is 0 Å². The number of furan rings is 1. The molecule has 0 saturated heterocycles. The van der Waals surface area contributed by atoms with Crippen molar-refractivity contribution in [3.05, 3.63) is 226 Å². The van der Waals surface area contributed by atoms with Crippen molar-refractivity contribution < 1.29 is 4.42 Å². The van der Waals surface area contributed by atoms with Gasteiger partial charge in [0.15, 0.2) is 0 Å². The second-order valence-corrected chi connectivity index (χ2v) is 16.2. The van der Waals surface area contributed by atoms with Gasteiger partial charge in [0.05, 0.1) is 5.41 Å². The summed E-state index contributed by atoms with van der Waals surface area (Å²) in [5, 5.41) is 2.40. The van der Waals surface area contributed by atoms with Gasteiger partial charge < -0.3 is 4.42 Å². The van der Waals surface area contributed by atoms with Crippen molar-refractivity contribution in [3.63, 3.8) is 0 Å². The maximum Gasteiger partial charge on any atom is 0.135 e. The van der Waals surface area contributed by atoms with E-state index in [-0.39, 0.29) is 10.8 Å². The third-order valence-corrected chi connectivity index (χ3v) is 12.5. The van der Waals surface area contributed by atoms with Gasteiger partial charge >= 0.3 is 0 Å². The molecule has 3 aliphatic carbocycles. The number of fused-ring (bicyclic) bond motifs is 12. The Kier molecular flexibility index (Phi) is 7.80. The number of rotatable bonds is 1. The highest BCUT2D eigenvalue weighted by molar-refractivity contribution is 6.05. The summed E-state index contributed by atoms with van der Waals surface area (Å²) < 4.78 is 5.73. The van der Waals surface area contributed by atoms with Gasteiger partial charge in [-0.2, -0.15) is 0 Å². The minimum Gasteiger partial charge on any atom is -0.456 e. The lowest BCUT2D eigenvalue weighted by Gasteiger charge is -2.32. The summed E-state index contributed by atoms with van der Waals surface area (Å²) in [6.07, 6.45) is 0. The molecule has 56 heavy (non-hydrogen) atoms. The SMILES string of the molecule is Cc1ccc2c(c1)C(C)(C)c1ccccc1-2.Cc1ccc2c(c1)oc1ccccc12.Cc1ccccc1C12c3ccccc3-c3cccc(c31)-c1ccccc12. The molecule has 1 heterocycles. The minimum absolute atomic E-state index is 0.151. The third kappa shape index (κ3) is 4.93. The van der Waals surface area contributed by atoms with Crippen LogP contribution in [-0.4, -0.2) is 0 Å². The van der Waals surface area contributed by atoms with E-state index in [9.17, 15) is 0 Å². The van der Waals surface area contributed by atoms with Crippen LogP contribution >= 0.6 is 0 Å². The number of para-hydroxylation sites is 1. The predicted octanol–water partition coefficient (Wildman–Crippen LogP) is 14.5. The molecule has 1 heteroatoms. The largest absolute Gasteiger partial charge is 0.456 e. The quantitative estimate of drug-likeness (QED) is 0.165. The molecule has 0 aliphatic heterocycles. The second-order valence-electron chi connectivity index (χ2n) is 16.2. The summed E-state index contributed by atoms with van der Waals surface area (Å²) in [5.74, 6) is 0. The molecule has 0 atom stereocenters. The standard InChI is InChI=1S/C26H18.C16H16.C13H10O/c1-17-9-2-5-14-22(17)26-23-15-6-3-10-18(23)20-12-8-13-21(25(20)26)19-11-4-7-16-24(19)26;1-11-8-9-13-12-6-4-5-7-14(12)16(2,3)15(13)10-11;1-9-6-7-11-10-4-2-3-5-12(10)14-13(11)8-9/h2-16H,1H3;4-10H,1-3H3;2-8H,1H3. The monoisotopic (exact) mass is 720 g/mol. The van der Waals surface area contributed by atoms with Crippen LogP contribution < -0.4 is 0 Å². The summed E-state index contributed by atoms with van der Waals surface area (Å²) in [7, 11) is 0. The van der Waals surface area contributed by atoms with E-state index >= 15 is 0 Å². The molecule has 0 radical (unpaired) electrons. The van der Waals surface area contributed by atoms with Crippen LogP contribution in [0.5, 0.6) is 0 Å². The molecule has 1 aromatic heterocycles. The lowest BCUT2D eigenvalue weighted by atomic mass is 9.69. The highest BCUT2D eigenvalue weighted by Crippen LogP contribution is 2.64. The zero-order chi connectivity index (χ0) is 38.2. The van der Waals surface area contributed by atoms with Gasteiger partial charge in [-0.25, -0.2) is 0 Å². The topological polar surface area (TPSA) is 13.1 Å². The fourth-order valence-corrected chi connectivity index (χ4v) is 9.98. The molecule has 0 N–H and O–H groups in total. The minimum atomic E-state index is -0.190. The van der Waals surface area contributed by atoms with Gasteiger partial charge in [-0.1, -0.05) is 183 Å². The molecule has 0 fully saturated rings. The predicted molar refractivity (Wildman–Crippen MR) is 235 cm³/mol. The van der Waals surface area contributed by atoms with E-state index in [0.29, 0.717) is 0 Å². The number of aryl methyl sites for hydroxylation is 3. The van der Waals surface area contributed by atoms with Crippen molar-refractivity contribution in [2.24, 2.45) is 0 Å². The number of benzene rings is 8. The van der Waals surface area contributed by atoms with Crippen LogP contribution in [0.3, 0.4) is 0 Å². The van der Waals surface area contributed by atoms with E-state index in [1.165, 1.54) is 94.2 Å². The van der Waals surface area contributed by atoms with Crippen molar-refractivity contribution in [2.75, 3.05) is 0 Å². The summed E-state index contributed by atoms with van der Waals surface area (Å²) in [4.78, 5) is 0. The van der Waals surface area contributed by atoms with Crippen molar-refractivity contribution in [2.45, 2.75) is 45.4 Å². The van der Waals surface area contributed by atoms with Crippen LogP contribution in [-0.2, 0) is 10.8 Å². The molecular weight excluding hydrogens is 677 g/mol. The molecule has 12 rings (SSSR count). The van der Waals surface area contributed by atoms with Crippen LogP contribution in [0, 0.1) is 20.8 Å². The maximum atomic E-state index is 5.73. The van der Waals surface area contributed by atoms with Crippen LogP contribution in [0.1, 0.15) is 63.9 Å². The average molecular weight is 721 g/mol. The molecule has 8 aromatic carbocycles. The Labute approximate surface area is 329 Å². The van der Waals surface area contributed by atoms with E-state index in [0.717, 1.165) is 11.2 Å². The van der Waals surface area contributed by atoms with E-state index in [4.69, 9.17) is 4.42 Å². The van der Waals surface area contributed by atoms with E-state index < -0.39 is 0 Å². The summed E-state index contributed by atoms with van der Waals surface area (Å²) >= 11 is 0. The second kappa shape index (κ2) is 12.8. The molecule has 9 aromatic rings. The molecule has 0 unspecified atom stereocenters. The van der Waals surface area contributed by atoms with E-state index in [1.807, 2.05) is 18.2 Å². The summed E-state index contributed by atoms with van der Waals surface area (Å²) in [6.45, 7) is 11.1. The molecule has 0 amide bonds. The smallest absolute Gasteiger partial charge is 0.135 e. The lowest BCUT2D eigenvalue weighted by Crippen LogP contribution is -2.27. The molecule has 1 nitrogen and oxygen atoms in total. The van der Waals surface area contributed by atoms with Gasteiger partial charge in [0.2, 0.25) is 0 Å². The first-order valence-electron chi connectivity index (χ1n) is 19.8. The summed E-state index contributed by atoms with van der Waals surface area (Å²) in [5.41, 5.74) is 22.8. The van der Waals surface area contributed by atoms with Gasteiger partial charge in [0, 0.05) is 16.2 Å². The van der Waals surface area contributed by atoms with Crippen molar-refractivity contribution >= 4 is 21.9 Å². The average Bonchev–Trinajstić information content (AvgIpc) is 3.91. The molecule has 0 spiro atoms. The van der Waals surface area contributed by atoms with E-state index in [2.05, 4.69) is 192 Å². The molecule has 3 aliphatic rings. The molecule has 270 valence electrons. The van der Waals surface area contributed by atoms with Gasteiger partial charge in [-0.05, 0) is 111 Å². The maximum absolute atomic E-state index is 5.73. The Morgan fingerprint density at radius 2 is 0.839 bits per heavy atom. The zero-order valence-corrected chi connectivity index (χ0v) is 32.7. The van der Waals surface area contributed by atoms with E-state index in [1.54, 1.807) is 0 Å². The zero-order valence-electron chi connectivity index (χ0n) is 32.7. The Bertz CT molecular complexity index is 2920. The number of hydrogen-bond acceptors (Lipinski definition) is 1. The molecular formula is C55H44O. The fraction of sp³-hybridized carbons (Fsp3) is 0.127. The fourth-order valence-electron chi connectivity index (χ4n) is 9.98. The van der Waals surface area contributed by atoms with Crippen LogP contribution in [0.4, 0.5) is 0 Å².